The third-order valence-corrected chi connectivity index (χ3v) is 14.0. The third kappa shape index (κ3) is 7.54. The molecular formula is C43H45N11O5S2. The van der Waals surface area contributed by atoms with Crippen LogP contribution in [0, 0.1) is 11.8 Å². The van der Waals surface area contributed by atoms with Crippen LogP contribution in [-0.2, 0) is 35.3 Å². The highest BCUT2D eigenvalue weighted by Crippen LogP contribution is 2.43. The molecule has 8 aromatic rings. The summed E-state index contributed by atoms with van der Waals surface area (Å²) in [6, 6.07) is 7.81. The predicted octanol–water partition coefficient (Wildman–Crippen LogP) is 7.73. The maximum Gasteiger partial charge on any atom is 0.306 e. The molecule has 0 saturated carbocycles. The highest BCUT2D eigenvalue weighted by Gasteiger charge is 2.34. The first kappa shape index (κ1) is 40.0. The zero-order valence-corrected chi connectivity index (χ0v) is 36.2. The zero-order valence-electron chi connectivity index (χ0n) is 34.6. The number of carbonyl (C=O) groups is 2. The number of hydrogen-bond acceptors (Lipinski definition) is 14. The van der Waals surface area contributed by atoms with Crippen molar-refractivity contribution >= 4 is 89.0 Å². The van der Waals surface area contributed by atoms with Crippen LogP contribution in [0.25, 0.3) is 31.5 Å². The van der Waals surface area contributed by atoms with Gasteiger partial charge in [0.15, 0.2) is 11.5 Å². The standard InChI is InChI=1S/C24H28N6O2S.C19H17N5O3S/c1-24(2,3)29(4)23(31)14-6-7-16-19(10-14)33-22-20(16)21(25-13-26-22)28-17-11-15-8-9-27-30(15)12-18(17)32-5;1-27-14-8-24-11(4-5-22-24)7-13(14)23-17-16-12-3-2-10(19(25)26)6-15(12)28-18(16)21-9-20-17/h8-9,11-14H,6-7,10H2,1-5H3,(H,25,26,28);4-5,7-10H,2-3,6H2,1H3,(H,25,26)(H,20,21,23)/t14-;10-/m00/s1. The second-order valence-corrected chi connectivity index (χ2v) is 18.4. The molecule has 2 atom stereocenters. The second-order valence-electron chi connectivity index (χ2n) is 16.3. The zero-order chi connectivity index (χ0) is 42.6. The lowest BCUT2D eigenvalue weighted by molar-refractivity contribution is -0.142. The van der Waals surface area contributed by atoms with Gasteiger partial charge in [-0.25, -0.2) is 29.0 Å². The summed E-state index contributed by atoms with van der Waals surface area (Å²) >= 11 is 3.23. The molecule has 2 aliphatic carbocycles. The van der Waals surface area contributed by atoms with Gasteiger partial charge < -0.3 is 30.1 Å². The van der Waals surface area contributed by atoms with Crippen molar-refractivity contribution in [2.24, 2.45) is 11.8 Å². The molecule has 314 valence electrons. The number of carbonyl (C=O) groups excluding carboxylic acids is 1. The molecule has 61 heavy (non-hydrogen) atoms. The Labute approximate surface area is 358 Å². The van der Waals surface area contributed by atoms with E-state index in [1.165, 1.54) is 16.8 Å². The Hall–Kier alpha value is -6.40. The summed E-state index contributed by atoms with van der Waals surface area (Å²) in [7, 11) is 5.16. The SMILES string of the molecule is COc1cn2nccc2cc1Nc1ncnc2sc3c(c12)CC[C@H](C(=O)N(C)C(C)(C)C)C3.COc1cn2nccc2cc1Nc1ncnc2sc3c(c12)CC[C@H](C(=O)O)C3. The minimum Gasteiger partial charge on any atom is -0.493 e. The number of aromatic nitrogens is 8. The van der Waals surface area contributed by atoms with Crippen LogP contribution in [0.4, 0.5) is 23.0 Å². The summed E-state index contributed by atoms with van der Waals surface area (Å²) in [5, 5.41) is 26.7. The molecule has 0 fully saturated rings. The molecule has 1 amide bonds. The smallest absolute Gasteiger partial charge is 0.306 e. The Balaban J connectivity index is 0.000000158. The Morgan fingerprint density at radius 1 is 0.770 bits per heavy atom. The molecule has 0 saturated heterocycles. The largest absolute Gasteiger partial charge is 0.493 e. The Kier molecular flexibility index (Phi) is 10.4. The number of fused-ring (bicyclic) bond motifs is 8. The lowest BCUT2D eigenvalue weighted by Gasteiger charge is -2.35. The molecule has 8 aromatic heterocycles. The van der Waals surface area contributed by atoms with Gasteiger partial charge in [-0.2, -0.15) is 10.2 Å². The Bertz CT molecular complexity index is 2970. The average molecular weight is 860 g/mol. The summed E-state index contributed by atoms with van der Waals surface area (Å²) < 4.78 is 14.6. The van der Waals surface area contributed by atoms with Gasteiger partial charge in [-0.1, -0.05) is 0 Å². The molecule has 8 heterocycles. The predicted molar refractivity (Wildman–Crippen MR) is 236 cm³/mol. The van der Waals surface area contributed by atoms with Crippen LogP contribution >= 0.6 is 22.7 Å². The Morgan fingerprint density at radius 2 is 1.25 bits per heavy atom. The molecule has 0 bridgehead atoms. The van der Waals surface area contributed by atoms with Crippen LogP contribution in [0.15, 0.2) is 61.7 Å². The van der Waals surface area contributed by atoms with E-state index in [0.717, 1.165) is 78.4 Å². The molecule has 0 aromatic carbocycles. The summed E-state index contributed by atoms with van der Waals surface area (Å²) in [6.45, 7) is 6.21. The van der Waals surface area contributed by atoms with Gasteiger partial charge in [0, 0.05) is 40.7 Å². The first-order valence-corrected chi connectivity index (χ1v) is 21.6. The normalized spacial score (nSPS) is 16.2. The fourth-order valence-corrected chi connectivity index (χ4v) is 10.6. The summed E-state index contributed by atoms with van der Waals surface area (Å²) in [5.41, 5.74) is 5.73. The maximum absolute atomic E-state index is 13.1. The van der Waals surface area contributed by atoms with Gasteiger partial charge in [0.2, 0.25) is 5.91 Å². The van der Waals surface area contributed by atoms with Gasteiger partial charge in [0.05, 0.1) is 65.7 Å². The Morgan fingerprint density at radius 3 is 1.70 bits per heavy atom. The van der Waals surface area contributed by atoms with Gasteiger partial charge in [0.1, 0.15) is 34.0 Å². The summed E-state index contributed by atoms with van der Waals surface area (Å²) in [6.07, 6.45) is 14.6. The number of carboxylic acid groups (broad SMARTS) is 1. The van der Waals surface area contributed by atoms with Crippen molar-refractivity contribution in [2.45, 2.75) is 64.8 Å². The number of nitrogens with zero attached hydrogens (tertiary/aromatic N) is 9. The van der Waals surface area contributed by atoms with E-state index in [-0.39, 0.29) is 23.3 Å². The number of aryl methyl sites for hydroxylation is 2. The van der Waals surface area contributed by atoms with Crippen LogP contribution in [0.3, 0.4) is 0 Å². The number of amides is 1. The van der Waals surface area contributed by atoms with Crippen molar-refractivity contribution in [2.75, 3.05) is 31.9 Å². The fourth-order valence-electron chi connectivity index (χ4n) is 8.10. The van der Waals surface area contributed by atoms with Crippen molar-refractivity contribution in [3.05, 3.63) is 82.6 Å². The molecule has 16 nitrogen and oxygen atoms in total. The maximum atomic E-state index is 13.1. The minimum atomic E-state index is -0.730. The van der Waals surface area contributed by atoms with E-state index in [1.807, 2.05) is 48.6 Å². The number of nitrogens with one attached hydrogen (secondary N) is 2. The molecule has 2 aliphatic rings. The van der Waals surface area contributed by atoms with Crippen molar-refractivity contribution < 1.29 is 24.2 Å². The molecular weight excluding hydrogens is 815 g/mol. The third-order valence-electron chi connectivity index (χ3n) is 11.7. The van der Waals surface area contributed by atoms with E-state index in [2.05, 4.69) is 61.5 Å². The number of aliphatic carboxylic acids is 1. The first-order chi connectivity index (χ1) is 29.4. The quantitative estimate of drug-likeness (QED) is 0.135. The molecule has 0 radical (unpaired) electrons. The van der Waals surface area contributed by atoms with Crippen LogP contribution in [0.5, 0.6) is 11.5 Å². The van der Waals surface area contributed by atoms with E-state index in [4.69, 9.17) is 9.47 Å². The van der Waals surface area contributed by atoms with Crippen molar-refractivity contribution in [3.63, 3.8) is 0 Å². The number of hydrogen-bond donors (Lipinski definition) is 3. The molecule has 0 aliphatic heterocycles. The number of methoxy groups -OCH3 is 2. The number of anilines is 4. The minimum absolute atomic E-state index is 0.00326. The highest BCUT2D eigenvalue weighted by molar-refractivity contribution is 7.19. The lowest BCUT2D eigenvalue weighted by Crippen LogP contribution is -2.46. The van der Waals surface area contributed by atoms with Gasteiger partial charge in [-0.05, 0) is 94.7 Å². The van der Waals surface area contributed by atoms with Gasteiger partial charge in [-0.15, -0.1) is 22.7 Å². The highest BCUT2D eigenvalue weighted by atomic mass is 32.1. The topological polar surface area (TPSA) is 186 Å². The molecule has 10 rings (SSSR count). The number of rotatable bonds is 8. The van der Waals surface area contributed by atoms with Crippen LogP contribution in [0.1, 0.15) is 54.5 Å². The van der Waals surface area contributed by atoms with E-state index in [0.29, 0.717) is 36.6 Å². The number of pyridine rings is 2. The van der Waals surface area contributed by atoms with E-state index >= 15 is 0 Å². The lowest BCUT2D eigenvalue weighted by atomic mass is 9.86. The van der Waals surface area contributed by atoms with Crippen LogP contribution in [-0.4, -0.2) is 87.9 Å². The van der Waals surface area contributed by atoms with Crippen molar-refractivity contribution in [3.8, 4) is 11.5 Å². The van der Waals surface area contributed by atoms with E-state index in [1.54, 1.807) is 64.6 Å². The summed E-state index contributed by atoms with van der Waals surface area (Å²) in [4.78, 5) is 48.5. The molecule has 0 unspecified atom stereocenters. The van der Waals surface area contributed by atoms with Gasteiger partial charge in [-0.3, -0.25) is 9.59 Å². The van der Waals surface area contributed by atoms with Gasteiger partial charge >= 0.3 is 5.97 Å². The second kappa shape index (κ2) is 15.9. The average Bonchev–Trinajstić information content (AvgIpc) is 4.06. The monoisotopic (exact) mass is 859 g/mol. The summed E-state index contributed by atoms with van der Waals surface area (Å²) in [5.74, 6) is 1.96. The van der Waals surface area contributed by atoms with Gasteiger partial charge in [0.25, 0.3) is 0 Å². The number of carboxylic acids is 1. The molecule has 18 heteroatoms. The van der Waals surface area contributed by atoms with E-state index < -0.39 is 5.97 Å². The molecule has 0 spiro atoms. The number of thiophene rings is 2. The first-order valence-electron chi connectivity index (χ1n) is 20.0. The van der Waals surface area contributed by atoms with Crippen molar-refractivity contribution in [1.82, 2.24) is 44.1 Å². The van der Waals surface area contributed by atoms with Crippen LogP contribution < -0.4 is 20.1 Å². The van der Waals surface area contributed by atoms with E-state index in [9.17, 15) is 14.7 Å². The molecule has 3 N–H and O–H groups in total. The van der Waals surface area contributed by atoms with Crippen molar-refractivity contribution in [1.29, 1.82) is 0 Å². The fraction of sp³-hybridized carbons (Fsp3) is 0.349. The van der Waals surface area contributed by atoms with Crippen LogP contribution in [0.2, 0.25) is 0 Å². The number of ether oxygens (including phenoxy) is 2.